The second-order valence-corrected chi connectivity index (χ2v) is 7.09. The molecule has 1 saturated heterocycles. The molecule has 1 N–H and O–H groups in total. The predicted octanol–water partition coefficient (Wildman–Crippen LogP) is 2.86. The van der Waals surface area contributed by atoms with E-state index in [0.717, 1.165) is 54.3 Å². The van der Waals surface area contributed by atoms with Crippen LogP contribution < -0.4 is 10.5 Å². The molecule has 28 heavy (non-hydrogen) atoms. The van der Waals surface area contributed by atoms with Crippen molar-refractivity contribution in [3.63, 3.8) is 0 Å². The number of hydrogen-bond acceptors (Lipinski definition) is 5. The zero-order valence-corrected chi connectivity index (χ0v) is 15.3. The maximum Gasteiger partial charge on any atom is 0.250 e. The lowest BCUT2D eigenvalue weighted by Gasteiger charge is -2.34. The summed E-state index contributed by atoms with van der Waals surface area (Å²) in [5.41, 5.74) is 3.58. The first-order chi connectivity index (χ1) is 13.8. The van der Waals surface area contributed by atoms with Gasteiger partial charge in [0.15, 0.2) is 5.65 Å². The maximum atomic E-state index is 11.7. The molecule has 7 nitrogen and oxygen atoms in total. The molecule has 4 heterocycles. The zero-order chi connectivity index (χ0) is 18.9. The summed E-state index contributed by atoms with van der Waals surface area (Å²) in [6, 6.07) is 15.8. The normalized spacial score (nSPS) is 17.1. The molecule has 0 saturated carbocycles. The highest BCUT2D eigenvalue weighted by Gasteiger charge is 2.25. The minimum atomic E-state index is -0.105. The Labute approximate surface area is 161 Å². The van der Waals surface area contributed by atoms with Crippen molar-refractivity contribution in [3.05, 3.63) is 77.1 Å². The molecule has 0 amide bonds. The van der Waals surface area contributed by atoms with Gasteiger partial charge in [-0.3, -0.25) is 4.79 Å². The molecule has 0 unspecified atom stereocenters. The Hall–Kier alpha value is -3.48. The molecule has 1 fully saturated rings. The first kappa shape index (κ1) is 16.7. The van der Waals surface area contributed by atoms with Crippen molar-refractivity contribution in [2.24, 2.45) is 0 Å². The molecular weight excluding hydrogens is 352 g/mol. The van der Waals surface area contributed by atoms with Crippen LogP contribution in [0.3, 0.4) is 0 Å². The Kier molecular flexibility index (Phi) is 4.12. The van der Waals surface area contributed by atoms with Crippen LogP contribution in [0.5, 0.6) is 0 Å². The van der Waals surface area contributed by atoms with E-state index in [1.807, 2.05) is 28.8 Å². The Morgan fingerprint density at radius 3 is 2.86 bits per heavy atom. The van der Waals surface area contributed by atoms with Crippen molar-refractivity contribution in [1.29, 1.82) is 0 Å². The minimum Gasteiger partial charge on any atom is -0.356 e. The molecule has 0 bridgehead atoms. The molecular formula is C21H20N6O. The topological polar surface area (TPSA) is 79.2 Å². The molecule has 0 aliphatic carbocycles. The van der Waals surface area contributed by atoms with Gasteiger partial charge in [0.1, 0.15) is 5.82 Å². The number of nitrogens with one attached hydrogen (secondary N) is 1. The average Bonchev–Trinajstić information content (AvgIpc) is 3.22. The minimum absolute atomic E-state index is 0.105. The van der Waals surface area contributed by atoms with Crippen LogP contribution >= 0.6 is 0 Å². The Morgan fingerprint density at radius 2 is 2.00 bits per heavy atom. The fourth-order valence-electron chi connectivity index (χ4n) is 3.91. The zero-order valence-electron chi connectivity index (χ0n) is 15.3. The fourth-order valence-corrected chi connectivity index (χ4v) is 3.91. The molecule has 7 heteroatoms. The molecule has 1 aliphatic rings. The average molecular weight is 372 g/mol. The summed E-state index contributed by atoms with van der Waals surface area (Å²) in [5.74, 6) is 1.23. The van der Waals surface area contributed by atoms with Crippen LogP contribution in [0, 0.1) is 0 Å². The largest absolute Gasteiger partial charge is 0.356 e. The van der Waals surface area contributed by atoms with E-state index in [1.165, 1.54) is 6.33 Å². The molecule has 3 aromatic heterocycles. The van der Waals surface area contributed by atoms with Crippen LogP contribution in [0.2, 0.25) is 0 Å². The van der Waals surface area contributed by atoms with Gasteiger partial charge < -0.3 is 9.88 Å². The summed E-state index contributed by atoms with van der Waals surface area (Å²) in [6.07, 6.45) is 5.32. The Bertz CT molecular complexity index is 1170. The van der Waals surface area contributed by atoms with Gasteiger partial charge in [-0.05, 0) is 12.8 Å². The molecule has 5 rings (SSSR count). The van der Waals surface area contributed by atoms with Crippen molar-refractivity contribution in [1.82, 2.24) is 24.6 Å². The summed E-state index contributed by atoms with van der Waals surface area (Å²) in [7, 11) is 0. The highest BCUT2D eigenvalue weighted by atomic mass is 16.1. The Balaban J connectivity index is 1.54. The molecule has 1 atom stereocenters. The van der Waals surface area contributed by atoms with Gasteiger partial charge in [0.25, 0.3) is 5.56 Å². The number of aromatic nitrogens is 5. The summed E-state index contributed by atoms with van der Waals surface area (Å²) in [6.45, 7) is 1.73. The third-order valence-electron chi connectivity index (χ3n) is 5.27. The highest BCUT2D eigenvalue weighted by molar-refractivity contribution is 5.67. The number of anilines is 1. The van der Waals surface area contributed by atoms with Crippen LogP contribution in [0.4, 0.5) is 5.82 Å². The number of piperidine rings is 1. The van der Waals surface area contributed by atoms with Crippen molar-refractivity contribution < 1.29 is 0 Å². The summed E-state index contributed by atoms with van der Waals surface area (Å²) in [5, 5.41) is 4.48. The smallest absolute Gasteiger partial charge is 0.250 e. The monoisotopic (exact) mass is 372 g/mol. The number of aromatic amines is 1. The van der Waals surface area contributed by atoms with Crippen molar-refractivity contribution >= 4 is 11.5 Å². The molecule has 0 radical (unpaired) electrons. The first-order valence-electron chi connectivity index (χ1n) is 9.48. The molecule has 140 valence electrons. The third kappa shape index (κ3) is 3.05. The van der Waals surface area contributed by atoms with E-state index >= 15 is 0 Å². The van der Waals surface area contributed by atoms with Crippen molar-refractivity contribution in [2.45, 2.75) is 18.8 Å². The first-order valence-corrected chi connectivity index (χ1v) is 9.48. The van der Waals surface area contributed by atoms with Gasteiger partial charge in [0.2, 0.25) is 0 Å². The van der Waals surface area contributed by atoms with Gasteiger partial charge in [-0.15, -0.1) is 0 Å². The van der Waals surface area contributed by atoms with Crippen LogP contribution in [-0.4, -0.2) is 37.7 Å². The summed E-state index contributed by atoms with van der Waals surface area (Å²) in [4.78, 5) is 25.8. The molecule has 0 spiro atoms. The highest BCUT2D eigenvalue weighted by Crippen LogP contribution is 2.30. The summed E-state index contributed by atoms with van der Waals surface area (Å²) < 4.78 is 1.89. The van der Waals surface area contributed by atoms with Crippen LogP contribution in [0.15, 0.2) is 65.8 Å². The molecule has 1 aliphatic heterocycles. The SMILES string of the molecule is O=c1cc([C@@H]2CCCN(c3cc(-c4ccccc4)nc4ccnn34)C2)nc[nH]1. The molecule has 4 aromatic rings. The van der Waals surface area contributed by atoms with Gasteiger partial charge in [-0.2, -0.15) is 9.61 Å². The van der Waals surface area contributed by atoms with E-state index in [0.29, 0.717) is 0 Å². The lowest BCUT2D eigenvalue weighted by molar-refractivity contribution is 0.494. The number of H-pyrrole nitrogens is 1. The second kappa shape index (κ2) is 6.92. The standard InChI is InChI=1S/C21H20N6O/c28-20-11-17(22-14-23-20)16-7-4-10-26(13-16)21-12-18(15-5-2-1-3-6-15)25-19-8-9-24-27(19)21/h1-3,5-6,8-9,11-12,14,16H,4,7,10,13H2,(H,22,23,28)/t16-/m1/s1. The van der Waals surface area contributed by atoms with E-state index in [1.54, 1.807) is 12.3 Å². The van der Waals surface area contributed by atoms with E-state index in [2.05, 4.69) is 38.2 Å². The van der Waals surface area contributed by atoms with Crippen molar-refractivity contribution in [2.75, 3.05) is 18.0 Å². The second-order valence-electron chi connectivity index (χ2n) is 7.09. The number of hydrogen-bond donors (Lipinski definition) is 1. The predicted molar refractivity (Wildman–Crippen MR) is 107 cm³/mol. The molecule has 1 aromatic carbocycles. The van der Waals surface area contributed by atoms with Gasteiger partial charge in [0, 0.05) is 42.8 Å². The number of fused-ring (bicyclic) bond motifs is 1. The third-order valence-corrected chi connectivity index (χ3v) is 5.27. The van der Waals surface area contributed by atoms with Crippen molar-refractivity contribution in [3.8, 4) is 11.3 Å². The Morgan fingerprint density at radius 1 is 1.11 bits per heavy atom. The van der Waals surface area contributed by atoms with Crippen LogP contribution in [0.25, 0.3) is 16.9 Å². The van der Waals surface area contributed by atoms with E-state index in [4.69, 9.17) is 4.98 Å². The van der Waals surface area contributed by atoms with E-state index in [-0.39, 0.29) is 11.5 Å². The van der Waals surface area contributed by atoms with Gasteiger partial charge in [-0.1, -0.05) is 30.3 Å². The summed E-state index contributed by atoms with van der Waals surface area (Å²) >= 11 is 0. The van der Waals surface area contributed by atoms with Crippen LogP contribution in [-0.2, 0) is 0 Å². The number of rotatable bonds is 3. The van der Waals surface area contributed by atoms with E-state index < -0.39 is 0 Å². The van der Waals surface area contributed by atoms with Gasteiger partial charge in [-0.25, -0.2) is 9.97 Å². The number of nitrogens with zero attached hydrogens (tertiary/aromatic N) is 5. The lowest BCUT2D eigenvalue weighted by Crippen LogP contribution is -2.36. The van der Waals surface area contributed by atoms with Crippen LogP contribution in [0.1, 0.15) is 24.5 Å². The number of benzene rings is 1. The van der Waals surface area contributed by atoms with Gasteiger partial charge >= 0.3 is 0 Å². The quantitative estimate of drug-likeness (QED) is 0.598. The van der Waals surface area contributed by atoms with Gasteiger partial charge in [0.05, 0.1) is 23.9 Å². The van der Waals surface area contributed by atoms with E-state index in [9.17, 15) is 4.79 Å². The maximum absolute atomic E-state index is 11.7. The fraction of sp³-hybridized carbons (Fsp3) is 0.238. The lowest BCUT2D eigenvalue weighted by atomic mass is 9.94.